The van der Waals surface area contributed by atoms with Gasteiger partial charge in [0.15, 0.2) is 0 Å². The summed E-state index contributed by atoms with van der Waals surface area (Å²) in [6.07, 6.45) is 0. The molecule has 0 aliphatic rings. The van der Waals surface area contributed by atoms with Crippen molar-refractivity contribution in [2.24, 2.45) is 0 Å². The SMILES string of the molecule is O=S(=O)(OI(c1cc(F)ccc1F)c1cc(F)ccc1F)C(F)(F)F. The first-order chi connectivity index (χ1) is 11.4. The molecule has 2 aromatic carbocycles. The summed E-state index contributed by atoms with van der Waals surface area (Å²) in [6.45, 7) is 0. The molecule has 0 radical (unpaired) electrons. The van der Waals surface area contributed by atoms with Gasteiger partial charge in [0, 0.05) is 0 Å². The molecule has 3 nitrogen and oxygen atoms in total. The Morgan fingerprint density at radius 3 is 1.56 bits per heavy atom. The third-order valence-corrected chi connectivity index (χ3v) is 9.68. The third-order valence-electron chi connectivity index (χ3n) is 2.56. The molecule has 12 heteroatoms. The minimum absolute atomic E-state index is 0.385. The van der Waals surface area contributed by atoms with Crippen LogP contribution in [0.25, 0.3) is 0 Å². The van der Waals surface area contributed by atoms with E-state index in [0.29, 0.717) is 36.4 Å². The van der Waals surface area contributed by atoms with Crippen LogP contribution in [0, 0.1) is 30.4 Å². The molecule has 0 heterocycles. The van der Waals surface area contributed by atoms with Crippen LogP contribution in [0.4, 0.5) is 30.7 Å². The molecule has 0 amide bonds. The molecule has 0 saturated carbocycles. The van der Waals surface area contributed by atoms with Crippen molar-refractivity contribution in [3.8, 4) is 0 Å². The number of rotatable bonds is 4. The summed E-state index contributed by atoms with van der Waals surface area (Å²) in [5.41, 5.74) is -5.88. The second kappa shape index (κ2) is 7.07. The van der Waals surface area contributed by atoms with Gasteiger partial charge in [-0.05, 0) is 0 Å². The van der Waals surface area contributed by atoms with Crippen molar-refractivity contribution in [2.45, 2.75) is 5.51 Å². The molecular formula is C13H6F7IO3S. The van der Waals surface area contributed by atoms with Gasteiger partial charge >= 0.3 is 144 Å². The Balaban J connectivity index is 2.68. The van der Waals surface area contributed by atoms with Crippen molar-refractivity contribution in [1.29, 1.82) is 0 Å². The molecule has 2 rings (SSSR count). The fourth-order valence-corrected chi connectivity index (χ4v) is 8.15. The minimum atomic E-state index is -6.26. The molecule has 0 N–H and O–H groups in total. The second-order valence-corrected chi connectivity index (χ2v) is 10.6. The molecule has 2 aromatic rings. The molecule has 138 valence electrons. The summed E-state index contributed by atoms with van der Waals surface area (Å²) in [6, 6.07) is 3.03. The van der Waals surface area contributed by atoms with Gasteiger partial charge in [-0.1, -0.05) is 0 Å². The molecular weight excluding hydrogens is 496 g/mol. The summed E-state index contributed by atoms with van der Waals surface area (Å²) in [5.74, 6) is -4.87. The average molecular weight is 502 g/mol. The predicted molar refractivity (Wildman–Crippen MR) is 80.2 cm³/mol. The summed E-state index contributed by atoms with van der Waals surface area (Å²) >= 11 is -4.57. The van der Waals surface area contributed by atoms with E-state index in [2.05, 4.69) is 2.51 Å². The van der Waals surface area contributed by atoms with Crippen LogP contribution in [0.2, 0.25) is 0 Å². The van der Waals surface area contributed by atoms with E-state index >= 15 is 0 Å². The number of hydrogen-bond donors (Lipinski definition) is 0. The number of benzene rings is 2. The first-order valence-corrected chi connectivity index (χ1v) is 10.5. The summed E-state index contributed by atoms with van der Waals surface area (Å²) in [5, 5.41) is 0. The van der Waals surface area contributed by atoms with Gasteiger partial charge < -0.3 is 0 Å². The topological polar surface area (TPSA) is 43.4 Å². The summed E-state index contributed by atoms with van der Waals surface area (Å²) < 4.78 is 117. The Bertz CT molecular complexity index is 847. The fourth-order valence-electron chi connectivity index (χ4n) is 1.50. The predicted octanol–water partition coefficient (Wildman–Crippen LogP) is 4.57. The molecule has 0 saturated heterocycles. The van der Waals surface area contributed by atoms with E-state index in [-0.39, 0.29) is 0 Å². The van der Waals surface area contributed by atoms with Crippen molar-refractivity contribution in [1.82, 2.24) is 0 Å². The molecule has 0 atom stereocenters. The number of alkyl halides is 3. The second-order valence-electron chi connectivity index (χ2n) is 4.33. The van der Waals surface area contributed by atoms with Crippen LogP contribution in [-0.4, -0.2) is 13.9 Å². The monoisotopic (exact) mass is 502 g/mol. The normalized spacial score (nSPS) is 13.0. The maximum absolute atomic E-state index is 13.9. The Labute approximate surface area is 144 Å². The van der Waals surface area contributed by atoms with Gasteiger partial charge in [0.25, 0.3) is 0 Å². The van der Waals surface area contributed by atoms with E-state index in [9.17, 15) is 39.2 Å². The Kier molecular flexibility index (Phi) is 5.63. The fraction of sp³-hybridized carbons (Fsp3) is 0.0769. The van der Waals surface area contributed by atoms with E-state index in [4.69, 9.17) is 0 Å². The van der Waals surface area contributed by atoms with Gasteiger partial charge in [-0.3, -0.25) is 0 Å². The van der Waals surface area contributed by atoms with Crippen molar-refractivity contribution in [2.75, 3.05) is 0 Å². The molecule has 25 heavy (non-hydrogen) atoms. The van der Waals surface area contributed by atoms with Gasteiger partial charge in [0.2, 0.25) is 0 Å². The number of hydrogen-bond acceptors (Lipinski definition) is 3. The first kappa shape index (κ1) is 19.9. The van der Waals surface area contributed by atoms with Crippen LogP contribution in [0.3, 0.4) is 0 Å². The van der Waals surface area contributed by atoms with E-state index in [1.165, 1.54) is 0 Å². The van der Waals surface area contributed by atoms with Gasteiger partial charge in [0.1, 0.15) is 0 Å². The van der Waals surface area contributed by atoms with Crippen LogP contribution in [-0.2, 0) is 12.6 Å². The van der Waals surface area contributed by atoms with Gasteiger partial charge in [-0.2, -0.15) is 0 Å². The third kappa shape index (κ3) is 4.41. The average Bonchev–Trinajstić information content (AvgIpc) is 2.49. The molecule has 0 aliphatic carbocycles. The van der Waals surface area contributed by atoms with Gasteiger partial charge in [-0.15, -0.1) is 0 Å². The zero-order valence-corrected chi connectivity index (χ0v) is 14.6. The Hall–Kier alpha value is -1.41. The van der Waals surface area contributed by atoms with Crippen LogP contribution in [0.15, 0.2) is 36.4 Å². The van der Waals surface area contributed by atoms with Crippen LogP contribution >= 0.6 is 20.2 Å². The van der Waals surface area contributed by atoms with Crippen molar-refractivity contribution in [3.63, 3.8) is 0 Å². The zero-order chi connectivity index (χ0) is 19.0. The standard InChI is InChI=1S/C13H6F7IO3S/c14-7-1-3-9(16)11(5-7)21(24-25(22,23)13(18,19)20)12-6-8(15)2-4-10(12)17/h1-6H. The molecule has 0 fully saturated rings. The van der Waals surface area contributed by atoms with Crippen LogP contribution < -0.4 is 0 Å². The quantitative estimate of drug-likeness (QED) is 0.267. The molecule has 0 bridgehead atoms. The number of halogens is 8. The van der Waals surface area contributed by atoms with E-state index in [1.54, 1.807) is 0 Å². The summed E-state index contributed by atoms with van der Waals surface area (Å²) in [4.78, 5) is 0. The van der Waals surface area contributed by atoms with Crippen molar-refractivity contribution in [3.05, 3.63) is 66.8 Å². The summed E-state index contributed by atoms with van der Waals surface area (Å²) in [7, 11) is -6.26. The van der Waals surface area contributed by atoms with E-state index in [0.717, 1.165) is 0 Å². The van der Waals surface area contributed by atoms with Crippen LogP contribution in [0.1, 0.15) is 0 Å². The Morgan fingerprint density at radius 2 is 1.20 bits per heavy atom. The van der Waals surface area contributed by atoms with Gasteiger partial charge in [-0.25, -0.2) is 0 Å². The first-order valence-electron chi connectivity index (χ1n) is 6.04. The molecule has 0 unspecified atom stereocenters. The molecule has 0 spiro atoms. The maximum atomic E-state index is 13.9. The Morgan fingerprint density at radius 1 is 0.800 bits per heavy atom. The van der Waals surface area contributed by atoms with Crippen molar-refractivity contribution >= 4 is 30.4 Å². The van der Waals surface area contributed by atoms with E-state index in [1.807, 2.05) is 0 Å². The zero-order valence-electron chi connectivity index (χ0n) is 11.6. The molecule has 0 aliphatic heterocycles. The van der Waals surface area contributed by atoms with Gasteiger partial charge in [0.05, 0.1) is 0 Å². The molecule has 0 aromatic heterocycles. The van der Waals surface area contributed by atoms with Crippen LogP contribution in [0.5, 0.6) is 0 Å². The van der Waals surface area contributed by atoms with E-state index < -0.39 is 66.3 Å². The van der Waals surface area contributed by atoms with Crippen molar-refractivity contribution < 1.29 is 41.7 Å².